The molecule has 0 saturated heterocycles. The van der Waals surface area contributed by atoms with Crippen molar-refractivity contribution >= 4 is 28.0 Å². The minimum absolute atomic E-state index is 0. The number of rotatable bonds is 20. The van der Waals surface area contributed by atoms with Gasteiger partial charge in [-0.2, -0.15) is 8.42 Å². The van der Waals surface area contributed by atoms with Gasteiger partial charge in [0.1, 0.15) is 0 Å². The van der Waals surface area contributed by atoms with E-state index in [2.05, 4.69) is 24.4 Å². The van der Waals surface area contributed by atoms with Crippen LogP contribution in [-0.4, -0.2) is 52.3 Å². The number of allylic oxidation sites excluding steroid dienone is 2. The molecule has 1 amide bonds. The van der Waals surface area contributed by atoms with Gasteiger partial charge in [0, 0.05) is 0 Å². The van der Waals surface area contributed by atoms with Crippen LogP contribution >= 0.6 is 0 Å². The van der Waals surface area contributed by atoms with Crippen LogP contribution in [0.1, 0.15) is 117 Å². The van der Waals surface area contributed by atoms with Crippen molar-refractivity contribution in [3.8, 4) is 0 Å². The third-order valence-electron chi connectivity index (χ3n) is 5.05. The number of unbranched alkanes of at least 4 members (excludes halogenated alkanes) is 11. The molecule has 36 heavy (non-hydrogen) atoms. The van der Waals surface area contributed by atoms with E-state index in [1.807, 2.05) is 13.8 Å². The minimum Gasteiger partial charge on any atom is -0.651 e. The van der Waals surface area contributed by atoms with Gasteiger partial charge in [0.15, 0.2) is 5.25 Å². The first-order valence-corrected chi connectivity index (χ1v) is 14.2. The molecule has 0 aromatic heterocycles. The first kappa shape index (κ1) is 39.6. The van der Waals surface area contributed by atoms with Crippen molar-refractivity contribution in [2.45, 2.75) is 128 Å². The molecule has 0 aliphatic heterocycles. The number of carboxylic acids is 2. The van der Waals surface area contributed by atoms with Crippen LogP contribution in [0.4, 0.5) is 0 Å². The topological polar surface area (TPSA) is 160 Å². The summed E-state index contributed by atoms with van der Waals surface area (Å²) in [5.41, 5.74) is 0. The van der Waals surface area contributed by atoms with Gasteiger partial charge in [0.05, 0.1) is 12.3 Å². The fourth-order valence-corrected chi connectivity index (χ4v) is 3.79. The molecule has 0 aromatic carbocycles. The number of aliphatic carboxylic acids is 2. The first-order valence-electron chi connectivity index (χ1n) is 12.7. The summed E-state index contributed by atoms with van der Waals surface area (Å²) >= 11 is 0. The van der Waals surface area contributed by atoms with Gasteiger partial charge in [-0.15, -0.1) is 6.04 Å². The largest absolute Gasteiger partial charge is 1.00 e. The van der Waals surface area contributed by atoms with E-state index in [1.54, 1.807) is 0 Å². The van der Waals surface area contributed by atoms with Crippen molar-refractivity contribution in [3.63, 3.8) is 0 Å². The van der Waals surface area contributed by atoms with E-state index in [0.717, 1.165) is 6.42 Å². The monoisotopic (exact) mass is 543 g/mol. The Kier molecular flexibility index (Phi) is 28.2. The quantitative estimate of drug-likeness (QED) is 0.0913. The van der Waals surface area contributed by atoms with Crippen LogP contribution in [0.2, 0.25) is 0 Å². The molecule has 11 heteroatoms. The molecule has 3 N–H and O–H groups in total. The van der Waals surface area contributed by atoms with Gasteiger partial charge in [0.2, 0.25) is 0 Å². The summed E-state index contributed by atoms with van der Waals surface area (Å²) in [5, 5.41) is 17.9. The van der Waals surface area contributed by atoms with Crippen LogP contribution in [0.15, 0.2) is 12.2 Å². The molecule has 0 aliphatic carbocycles. The third-order valence-corrected chi connectivity index (χ3v) is 6.14. The number of hydrogen-bond acceptors (Lipinski definition) is 5. The Bertz CT molecular complexity index is 711. The Morgan fingerprint density at radius 2 is 1.25 bits per heavy atom. The molecular weight excluding hydrogens is 497 g/mol. The van der Waals surface area contributed by atoms with Crippen molar-refractivity contribution in [1.82, 2.24) is 0 Å². The van der Waals surface area contributed by atoms with Gasteiger partial charge in [-0.05, 0) is 38.5 Å². The van der Waals surface area contributed by atoms with E-state index in [9.17, 15) is 22.8 Å². The average molecular weight is 544 g/mol. The maximum absolute atomic E-state index is 11.4. The maximum atomic E-state index is 11.4. The number of nitrogens with zero attached hydrogens (tertiary/aromatic N) is 1. The van der Waals surface area contributed by atoms with Crippen LogP contribution in [0, 0.1) is 0 Å². The zero-order valence-corrected chi connectivity index (χ0v) is 25.5. The zero-order chi connectivity index (χ0) is 27.1. The molecule has 0 bridgehead atoms. The molecular formula is C25H46NNaO8S. The van der Waals surface area contributed by atoms with E-state index in [0.29, 0.717) is 6.42 Å². The van der Waals surface area contributed by atoms with E-state index >= 15 is 0 Å². The SMILES string of the molecule is CCCCCCCCC=CCCCCCCCC(=O)[N-]C(C)C.O=C(O)CC(C(=O)O)S(=O)(=O)O.[Na+]. The number of hydrogen-bond donors (Lipinski definition) is 3. The predicted octanol–water partition coefficient (Wildman–Crippen LogP) is 3.14. The molecule has 0 fully saturated rings. The van der Waals surface area contributed by atoms with E-state index in [1.165, 1.54) is 77.0 Å². The first-order chi connectivity index (χ1) is 16.4. The molecule has 9 nitrogen and oxygen atoms in total. The third kappa shape index (κ3) is 29.3. The molecule has 206 valence electrons. The predicted molar refractivity (Wildman–Crippen MR) is 138 cm³/mol. The second-order valence-corrected chi connectivity index (χ2v) is 10.5. The van der Waals surface area contributed by atoms with Crippen molar-refractivity contribution in [2.24, 2.45) is 0 Å². The van der Waals surface area contributed by atoms with Gasteiger partial charge < -0.3 is 20.3 Å². The minimum atomic E-state index is -4.84. The van der Waals surface area contributed by atoms with Crippen molar-refractivity contribution in [3.05, 3.63) is 17.5 Å². The van der Waals surface area contributed by atoms with Crippen LogP contribution < -0.4 is 29.6 Å². The second-order valence-electron chi connectivity index (χ2n) is 8.89. The number of carbonyl (C=O) groups excluding carboxylic acids is 1. The fourth-order valence-electron chi connectivity index (χ4n) is 3.18. The van der Waals surface area contributed by atoms with Gasteiger partial charge >= 0.3 is 41.5 Å². The van der Waals surface area contributed by atoms with Gasteiger partial charge in [-0.3, -0.25) is 14.1 Å². The molecule has 1 unspecified atom stereocenters. The van der Waals surface area contributed by atoms with Crippen molar-refractivity contribution in [2.75, 3.05) is 0 Å². The van der Waals surface area contributed by atoms with Crippen LogP contribution in [0.3, 0.4) is 0 Å². The standard InChI is InChI=1S/C21H41NO.C4H6O7S.Na/c1-4-5-6-7-8-9-10-11-12-13-14-15-16-17-18-19-21(23)22-20(2)3;5-3(6)1-2(4(7)8)12(9,10)11;/h11-12,20H,4-10,13-19H2,1-3H3,(H,22,23);2H,1H2,(H,5,6)(H,7,8)(H,9,10,11);/q;;+1/p-1. The number of amides is 1. The normalized spacial score (nSPS) is 11.9. The molecule has 0 saturated carbocycles. The van der Waals surface area contributed by atoms with Crippen LogP contribution in [-0.2, 0) is 24.5 Å². The Morgan fingerprint density at radius 1 is 0.806 bits per heavy atom. The van der Waals surface area contributed by atoms with Crippen LogP contribution in [0.25, 0.3) is 5.32 Å². The summed E-state index contributed by atoms with van der Waals surface area (Å²) in [7, 11) is -4.84. The fraction of sp³-hybridized carbons (Fsp3) is 0.800. The molecule has 0 spiro atoms. The zero-order valence-electron chi connectivity index (χ0n) is 22.7. The summed E-state index contributed by atoms with van der Waals surface area (Å²) in [6, 6.07) is 0.144. The Balaban J connectivity index is -0.000000710. The van der Waals surface area contributed by atoms with Crippen molar-refractivity contribution < 1.29 is 67.1 Å². The molecule has 0 radical (unpaired) electrons. The molecule has 1 atom stereocenters. The Labute approximate surface area is 239 Å². The van der Waals surface area contributed by atoms with Crippen molar-refractivity contribution in [1.29, 1.82) is 0 Å². The maximum Gasteiger partial charge on any atom is 1.00 e. The molecule has 0 rings (SSSR count). The summed E-state index contributed by atoms with van der Waals surface area (Å²) in [6.45, 7) is 6.18. The summed E-state index contributed by atoms with van der Waals surface area (Å²) in [4.78, 5) is 31.4. The summed E-state index contributed by atoms with van der Waals surface area (Å²) in [6.07, 6.45) is 21.0. The van der Waals surface area contributed by atoms with Gasteiger partial charge in [-0.1, -0.05) is 84.3 Å². The molecule has 0 heterocycles. The number of carboxylic acid groups (broad SMARTS) is 2. The van der Waals surface area contributed by atoms with E-state index in [4.69, 9.17) is 14.8 Å². The Morgan fingerprint density at radius 3 is 1.61 bits per heavy atom. The number of carbonyl (C=O) groups is 3. The van der Waals surface area contributed by atoms with E-state index in [-0.39, 0.29) is 41.5 Å². The molecule has 0 aromatic rings. The average Bonchev–Trinajstić information content (AvgIpc) is 2.73. The van der Waals surface area contributed by atoms with Gasteiger partial charge in [-0.25, -0.2) is 0 Å². The summed E-state index contributed by atoms with van der Waals surface area (Å²) in [5.74, 6) is -3.42. The van der Waals surface area contributed by atoms with Gasteiger partial charge in [0.25, 0.3) is 10.1 Å². The van der Waals surface area contributed by atoms with E-state index < -0.39 is 33.7 Å². The summed E-state index contributed by atoms with van der Waals surface area (Å²) < 4.78 is 28.7. The smallest absolute Gasteiger partial charge is 0.651 e. The van der Waals surface area contributed by atoms with Crippen LogP contribution in [0.5, 0.6) is 0 Å². The Hall–Kier alpha value is -0.940. The second kappa shape index (κ2) is 25.7. The molecule has 0 aliphatic rings.